The lowest BCUT2D eigenvalue weighted by Gasteiger charge is -1.95. The highest BCUT2D eigenvalue weighted by atomic mass is 32.2. The standard InChI is InChI=1S/C8H8N2OS/c1-10-8-3-2-7(12-11)4-6(8)5-9-10/h2-5,11H,1H3. The number of hydrogen-bond acceptors (Lipinski definition) is 3. The van der Waals surface area contributed by atoms with Crippen LogP contribution in [0, 0.1) is 0 Å². The van der Waals surface area contributed by atoms with E-state index >= 15 is 0 Å². The van der Waals surface area contributed by atoms with Crippen molar-refractivity contribution in [1.82, 2.24) is 9.78 Å². The quantitative estimate of drug-likeness (QED) is 0.683. The van der Waals surface area contributed by atoms with Crippen molar-refractivity contribution in [3.63, 3.8) is 0 Å². The van der Waals surface area contributed by atoms with Crippen LogP contribution in [0.4, 0.5) is 0 Å². The molecule has 0 radical (unpaired) electrons. The maximum atomic E-state index is 8.79. The Kier molecular flexibility index (Phi) is 1.78. The van der Waals surface area contributed by atoms with E-state index in [2.05, 4.69) is 5.10 Å². The fourth-order valence-corrected chi connectivity index (χ4v) is 1.51. The van der Waals surface area contributed by atoms with Crippen LogP contribution in [0.1, 0.15) is 0 Å². The van der Waals surface area contributed by atoms with Gasteiger partial charge in [0.25, 0.3) is 0 Å². The minimum atomic E-state index is 0.756. The summed E-state index contributed by atoms with van der Waals surface area (Å²) in [4.78, 5) is 0.843. The Morgan fingerprint density at radius 2 is 2.33 bits per heavy atom. The van der Waals surface area contributed by atoms with Crippen LogP contribution in [-0.2, 0) is 7.05 Å². The van der Waals surface area contributed by atoms with Crippen molar-refractivity contribution < 1.29 is 4.55 Å². The van der Waals surface area contributed by atoms with Gasteiger partial charge in [-0.2, -0.15) is 5.10 Å². The summed E-state index contributed by atoms with van der Waals surface area (Å²) in [6, 6.07) is 5.72. The summed E-state index contributed by atoms with van der Waals surface area (Å²) in [5.74, 6) is 0. The SMILES string of the molecule is Cn1ncc2cc(SO)ccc21. The summed E-state index contributed by atoms with van der Waals surface area (Å²) in [6.45, 7) is 0. The van der Waals surface area contributed by atoms with Gasteiger partial charge in [0.15, 0.2) is 0 Å². The van der Waals surface area contributed by atoms with Gasteiger partial charge in [0, 0.05) is 29.4 Å². The fraction of sp³-hybridized carbons (Fsp3) is 0.125. The van der Waals surface area contributed by atoms with Crippen LogP contribution < -0.4 is 0 Å². The molecule has 0 fully saturated rings. The van der Waals surface area contributed by atoms with Crippen molar-refractivity contribution in [1.29, 1.82) is 0 Å². The van der Waals surface area contributed by atoms with Crippen molar-refractivity contribution in [3.05, 3.63) is 24.4 Å². The number of benzene rings is 1. The second-order valence-corrected chi connectivity index (χ2v) is 3.23. The first kappa shape index (κ1) is 7.64. The summed E-state index contributed by atoms with van der Waals surface area (Å²) in [5, 5.41) is 5.15. The summed E-state index contributed by atoms with van der Waals surface area (Å²) < 4.78 is 10.6. The van der Waals surface area contributed by atoms with Gasteiger partial charge >= 0.3 is 0 Å². The van der Waals surface area contributed by atoms with Crippen LogP contribution in [0.5, 0.6) is 0 Å². The molecule has 3 nitrogen and oxygen atoms in total. The minimum absolute atomic E-state index is 0.756. The van der Waals surface area contributed by atoms with E-state index in [-0.39, 0.29) is 0 Å². The smallest absolute Gasteiger partial charge is 0.0679 e. The van der Waals surface area contributed by atoms with E-state index in [1.807, 2.05) is 25.2 Å². The highest BCUT2D eigenvalue weighted by Crippen LogP contribution is 2.20. The minimum Gasteiger partial charge on any atom is -0.325 e. The molecule has 1 aromatic heterocycles. The highest BCUT2D eigenvalue weighted by Gasteiger charge is 1.99. The third-order valence-corrected chi connectivity index (χ3v) is 2.29. The molecule has 0 amide bonds. The predicted octanol–water partition coefficient (Wildman–Crippen LogP) is 2.14. The molecule has 0 bridgehead atoms. The lowest BCUT2D eigenvalue weighted by Crippen LogP contribution is -1.87. The van der Waals surface area contributed by atoms with Crippen LogP contribution in [-0.4, -0.2) is 14.3 Å². The average Bonchev–Trinajstić information content (AvgIpc) is 2.47. The molecule has 1 heterocycles. The second-order valence-electron chi connectivity index (χ2n) is 2.58. The molecule has 0 aliphatic heterocycles. The topological polar surface area (TPSA) is 38.0 Å². The molecule has 4 heteroatoms. The van der Waals surface area contributed by atoms with Crippen molar-refractivity contribution in [2.45, 2.75) is 4.90 Å². The van der Waals surface area contributed by atoms with Gasteiger partial charge in [-0.3, -0.25) is 4.68 Å². The van der Waals surface area contributed by atoms with Gasteiger partial charge in [-0.15, -0.1) is 0 Å². The monoisotopic (exact) mass is 180 g/mol. The first-order valence-electron chi connectivity index (χ1n) is 3.54. The normalized spacial score (nSPS) is 10.8. The van der Waals surface area contributed by atoms with Crippen LogP contribution in [0.2, 0.25) is 0 Å². The third kappa shape index (κ3) is 1.09. The number of aromatic nitrogens is 2. The van der Waals surface area contributed by atoms with Gasteiger partial charge in [-0.05, 0) is 18.2 Å². The summed E-state index contributed by atoms with van der Waals surface area (Å²) in [7, 11) is 1.90. The molecular formula is C8H8N2OS. The zero-order valence-electron chi connectivity index (χ0n) is 6.56. The molecule has 2 aromatic rings. The van der Waals surface area contributed by atoms with Crippen LogP contribution >= 0.6 is 12.0 Å². The van der Waals surface area contributed by atoms with Gasteiger partial charge < -0.3 is 4.55 Å². The molecule has 0 atom stereocenters. The molecule has 2 rings (SSSR count). The maximum absolute atomic E-state index is 8.79. The molecule has 12 heavy (non-hydrogen) atoms. The van der Waals surface area contributed by atoms with E-state index in [0.29, 0.717) is 0 Å². The Morgan fingerprint density at radius 3 is 3.08 bits per heavy atom. The molecule has 0 saturated heterocycles. The Morgan fingerprint density at radius 1 is 1.50 bits per heavy atom. The largest absolute Gasteiger partial charge is 0.325 e. The lowest BCUT2D eigenvalue weighted by atomic mass is 10.3. The van der Waals surface area contributed by atoms with Gasteiger partial charge in [0.05, 0.1) is 11.7 Å². The molecular weight excluding hydrogens is 172 g/mol. The fourth-order valence-electron chi connectivity index (χ4n) is 1.20. The predicted molar refractivity (Wildman–Crippen MR) is 49.2 cm³/mol. The second kappa shape index (κ2) is 2.80. The molecule has 1 aromatic carbocycles. The molecule has 0 aliphatic rings. The Hall–Kier alpha value is -1.00. The molecule has 0 spiro atoms. The Labute approximate surface area is 74.2 Å². The highest BCUT2D eigenvalue weighted by molar-refractivity contribution is 7.93. The van der Waals surface area contributed by atoms with E-state index in [1.165, 1.54) is 0 Å². The van der Waals surface area contributed by atoms with Gasteiger partial charge in [0.1, 0.15) is 0 Å². The van der Waals surface area contributed by atoms with Gasteiger partial charge in [-0.25, -0.2) is 0 Å². The molecule has 0 unspecified atom stereocenters. The van der Waals surface area contributed by atoms with E-state index < -0.39 is 0 Å². The number of rotatable bonds is 1. The summed E-state index contributed by atoms with van der Waals surface area (Å²) in [5.41, 5.74) is 1.08. The maximum Gasteiger partial charge on any atom is 0.0679 e. The van der Waals surface area contributed by atoms with E-state index in [0.717, 1.165) is 27.8 Å². The zero-order chi connectivity index (χ0) is 8.55. The number of fused-ring (bicyclic) bond motifs is 1. The van der Waals surface area contributed by atoms with Crippen molar-refractivity contribution in [2.24, 2.45) is 7.05 Å². The number of nitrogens with zero attached hydrogens (tertiary/aromatic N) is 2. The molecule has 62 valence electrons. The Bertz CT molecular complexity index is 410. The van der Waals surface area contributed by atoms with E-state index in [9.17, 15) is 0 Å². The van der Waals surface area contributed by atoms with Gasteiger partial charge in [0.2, 0.25) is 0 Å². The number of aryl methyl sites for hydroxylation is 1. The first-order chi connectivity index (χ1) is 5.81. The number of hydrogen-bond donors (Lipinski definition) is 1. The summed E-state index contributed by atoms with van der Waals surface area (Å²) in [6.07, 6.45) is 1.79. The van der Waals surface area contributed by atoms with Crippen LogP contribution in [0.15, 0.2) is 29.3 Å². The van der Waals surface area contributed by atoms with E-state index in [4.69, 9.17) is 4.55 Å². The van der Waals surface area contributed by atoms with Crippen LogP contribution in [0.25, 0.3) is 10.9 Å². The molecule has 1 N–H and O–H groups in total. The Balaban J connectivity index is 2.69. The van der Waals surface area contributed by atoms with Gasteiger partial charge in [-0.1, -0.05) is 0 Å². The van der Waals surface area contributed by atoms with Crippen LogP contribution in [0.3, 0.4) is 0 Å². The van der Waals surface area contributed by atoms with E-state index in [1.54, 1.807) is 10.9 Å². The van der Waals surface area contributed by atoms with Crippen molar-refractivity contribution in [3.8, 4) is 0 Å². The lowest BCUT2D eigenvalue weighted by molar-refractivity contribution is 0.664. The first-order valence-corrected chi connectivity index (χ1v) is 4.32. The zero-order valence-corrected chi connectivity index (χ0v) is 7.38. The summed E-state index contributed by atoms with van der Waals surface area (Å²) >= 11 is 0.756. The average molecular weight is 180 g/mol. The van der Waals surface area contributed by atoms with Crippen molar-refractivity contribution in [2.75, 3.05) is 0 Å². The third-order valence-electron chi connectivity index (χ3n) is 1.82. The molecule has 0 aliphatic carbocycles. The molecule has 0 saturated carbocycles. The van der Waals surface area contributed by atoms with Crippen molar-refractivity contribution >= 4 is 22.9 Å².